The third-order valence-electron chi connectivity index (χ3n) is 2.85. The molecule has 0 aromatic heterocycles. The van der Waals surface area contributed by atoms with Crippen molar-refractivity contribution in [3.63, 3.8) is 0 Å². The molecule has 0 aliphatic heterocycles. The predicted octanol–water partition coefficient (Wildman–Crippen LogP) is 1.77. The lowest BCUT2D eigenvalue weighted by Crippen LogP contribution is -2.40. The molecule has 1 unspecified atom stereocenters. The summed E-state index contributed by atoms with van der Waals surface area (Å²) in [5.74, 6) is 0.895. The maximum Gasteiger partial charge on any atom is 0.191 e. The second kappa shape index (κ2) is 9.74. The Hall–Kier alpha value is -1.21. The molecule has 124 valence electrons. The van der Waals surface area contributed by atoms with Crippen LogP contribution in [0.5, 0.6) is 0 Å². The lowest BCUT2D eigenvalue weighted by Gasteiger charge is -2.15. The zero-order valence-corrected chi connectivity index (χ0v) is 15.0. The summed E-state index contributed by atoms with van der Waals surface area (Å²) in [6.07, 6.45) is 1.83. The molecule has 5 nitrogen and oxygen atoms in total. The van der Waals surface area contributed by atoms with Crippen molar-refractivity contribution in [3.8, 4) is 0 Å². The number of sulfone groups is 1. The fourth-order valence-electron chi connectivity index (χ4n) is 1.78. The first-order chi connectivity index (χ1) is 10.4. The summed E-state index contributed by atoms with van der Waals surface area (Å²) in [4.78, 5) is 5.38. The monoisotopic (exact) mass is 343 g/mol. The van der Waals surface area contributed by atoms with Gasteiger partial charge in [0.2, 0.25) is 0 Å². The SMILES string of the molecule is CN=C(NCCCS(C)(=O)=O)NCC(C)Sc1ccccc1. The Kier molecular flexibility index (Phi) is 8.34. The minimum atomic E-state index is -2.89. The summed E-state index contributed by atoms with van der Waals surface area (Å²) in [6, 6.07) is 10.3. The highest BCUT2D eigenvalue weighted by Crippen LogP contribution is 2.21. The van der Waals surface area contributed by atoms with Gasteiger partial charge in [-0.3, -0.25) is 4.99 Å². The highest BCUT2D eigenvalue weighted by atomic mass is 32.2. The fraction of sp³-hybridized carbons (Fsp3) is 0.533. The summed E-state index contributed by atoms with van der Waals surface area (Å²) in [5.41, 5.74) is 0. The second-order valence-electron chi connectivity index (χ2n) is 5.10. The number of benzene rings is 1. The number of hydrogen-bond donors (Lipinski definition) is 2. The van der Waals surface area contributed by atoms with Crippen molar-refractivity contribution in [1.29, 1.82) is 0 Å². The summed E-state index contributed by atoms with van der Waals surface area (Å²) >= 11 is 1.80. The van der Waals surface area contributed by atoms with Gasteiger partial charge in [-0.15, -0.1) is 11.8 Å². The zero-order chi connectivity index (χ0) is 16.4. The van der Waals surface area contributed by atoms with E-state index in [1.54, 1.807) is 18.8 Å². The fourth-order valence-corrected chi connectivity index (χ4v) is 3.39. The van der Waals surface area contributed by atoms with Crippen molar-refractivity contribution in [3.05, 3.63) is 30.3 Å². The van der Waals surface area contributed by atoms with Crippen LogP contribution < -0.4 is 10.6 Å². The number of nitrogens with one attached hydrogen (secondary N) is 2. The number of guanidine groups is 1. The molecule has 7 heteroatoms. The molecule has 1 rings (SSSR count). The van der Waals surface area contributed by atoms with E-state index in [1.165, 1.54) is 11.2 Å². The van der Waals surface area contributed by atoms with Gasteiger partial charge in [-0.2, -0.15) is 0 Å². The van der Waals surface area contributed by atoms with E-state index in [4.69, 9.17) is 0 Å². The van der Waals surface area contributed by atoms with Crippen LogP contribution in [0.2, 0.25) is 0 Å². The van der Waals surface area contributed by atoms with Crippen molar-refractivity contribution in [2.45, 2.75) is 23.5 Å². The minimum absolute atomic E-state index is 0.192. The van der Waals surface area contributed by atoms with Crippen molar-refractivity contribution >= 4 is 27.6 Å². The van der Waals surface area contributed by atoms with Crippen molar-refractivity contribution in [2.24, 2.45) is 4.99 Å². The van der Waals surface area contributed by atoms with E-state index in [2.05, 4.69) is 34.7 Å². The van der Waals surface area contributed by atoms with E-state index >= 15 is 0 Å². The molecular weight excluding hydrogens is 318 g/mol. The lowest BCUT2D eigenvalue weighted by molar-refractivity contribution is 0.598. The Balaban J connectivity index is 2.26. The summed E-state index contributed by atoms with van der Waals surface area (Å²) in [7, 11) is -1.18. The van der Waals surface area contributed by atoms with Crippen molar-refractivity contribution in [1.82, 2.24) is 10.6 Å². The Morgan fingerprint density at radius 1 is 1.27 bits per heavy atom. The van der Waals surface area contributed by atoms with Gasteiger partial charge in [-0.05, 0) is 18.6 Å². The molecule has 0 aliphatic carbocycles. The van der Waals surface area contributed by atoms with Crippen LogP contribution in [0.25, 0.3) is 0 Å². The normalized spacial score (nSPS) is 13.7. The third-order valence-corrected chi connectivity index (χ3v) is 4.99. The largest absolute Gasteiger partial charge is 0.356 e. The van der Waals surface area contributed by atoms with Crippen LogP contribution in [0, 0.1) is 0 Å². The molecule has 1 atom stereocenters. The Labute approximate surface area is 137 Å². The minimum Gasteiger partial charge on any atom is -0.356 e. The van der Waals surface area contributed by atoms with Gasteiger partial charge in [-0.1, -0.05) is 25.1 Å². The van der Waals surface area contributed by atoms with Crippen LogP contribution in [0.3, 0.4) is 0 Å². The molecule has 0 amide bonds. The average Bonchev–Trinajstić information content (AvgIpc) is 2.46. The van der Waals surface area contributed by atoms with Crippen molar-refractivity contribution in [2.75, 3.05) is 32.1 Å². The molecule has 0 spiro atoms. The van der Waals surface area contributed by atoms with E-state index in [-0.39, 0.29) is 5.75 Å². The summed E-state index contributed by atoms with van der Waals surface area (Å²) in [6.45, 7) is 3.53. The van der Waals surface area contributed by atoms with Crippen LogP contribution in [-0.2, 0) is 9.84 Å². The van der Waals surface area contributed by atoms with E-state index in [0.717, 1.165) is 6.54 Å². The van der Waals surface area contributed by atoms with E-state index in [0.29, 0.717) is 24.2 Å². The topological polar surface area (TPSA) is 70.6 Å². The van der Waals surface area contributed by atoms with E-state index in [1.807, 2.05) is 18.2 Å². The Morgan fingerprint density at radius 2 is 1.95 bits per heavy atom. The molecule has 0 saturated heterocycles. The quantitative estimate of drug-likeness (QED) is 0.326. The molecule has 0 heterocycles. The van der Waals surface area contributed by atoms with E-state index in [9.17, 15) is 8.42 Å². The molecule has 2 N–H and O–H groups in total. The van der Waals surface area contributed by atoms with Gasteiger partial charge in [0.25, 0.3) is 0 Å². The first kappa shape index (κ1) is 18.8. The Morgan fingerprint density at radius 3 is 2.55 bits per heavy atom. The first-order valence-corrected chi connectivity index (χ1v) is 10.2. The number of hydrogen-bond acceptors (Lipinski definition) is 4. The first-order valence-electron chi connectivity index (χ1n) is 7.24. The maximum absolute atomic E-state index is 11.1. The molecule has 0 fully saturated rings. The molecule has 1 aromatic carbocycles. The highest BCUT2D eigenvalue weighted by Gasteiger charge is 2.06. The third kappa shape index (κ3) is 8.94. The average molecular weight is 344 g/mol. The zero-order valence-electron chi connectivity index (χ0n) is 13.4. The van der Waals surface area contributed by atoms with Crippen LogP contribution in [0.4, 0.5) is 0 Å². The molecule has 1 aromatic rings. The van der Waals surface area contributed by atoms with Crippen molar-refractivity contribution < 1.29 is 8.42 Å². The summed E-state index contributed by atoms with van der Waals surface area (Å²) < 4.78 is 22.1. The van der Waals surface area contributed by atoms with Gasteiger partial charge in [0, 0.05) is 36.5 Å². The molecule has 0 saturated carbocycles. The number of nitrogens with zero attached hydrogens (tertiary/aromatic N) is 1. The number of thioether (sulfide) groups is 1. The van der Waals surface area contributed by atoms with Gasteiger partial charge in [0.1, 0.15) is 9.84 Å². The standard InChI is InChI=1S/C15H25N3O2S2/c1-13(21-14-8-5-4-6-9-14)12-18-15(16-2)17-10-7-11-22(3,19)20/h4-6,8-9,13H,7,10-12H2,1-3H3,(H2,16,17,18). The van der Waals surface area contributed by atoms with Gasteiger partial charge in [-0.25, -0.2) is 8.42 Å². The van der Waals surface area contributed by atoms with E-state index < -0.39 is 9.84 Å². The van der Waals surface area contributed by atoms with Gasteiger partial charge in [0.15, 0.2) is 5.96 Å². The number of aliphatic imine (C=N–C) groups is 1. The van der Waals surface area contributed by atoms with Gasteiger partial charge < -0.3 is 10.6 Å². The summed E-state index contributed by atoms with van der Waals surface area (Å²) in [5, 5.41) is 6.78. The second-order valence-corrected chi connectivity index (χ2v) is 8.88. The molecule has 0 aliphatic rings. The van der Waals surface area contributed by atoms with Gasteiger partial charge >= 0.3 is 0 Å². The highest BCUT2D eigenvalue weighted by molar-refractivity contribution is 8.00. The molecule has 0 bridgehead atoms. The Bertz CT molecular complexity index is 559. The number of rotatable bonds is 8. The van der Waals surface area contributed by atoms with Crippen LogP contribution in [-0.4, -0.2) is 51.8 Å². The molecule has 22 heavy (non-hydrogen) atoms. The van der Waals surface area contributed by atoms with Crippen LogP contribution in [0.1, 0.15) is 13.3 Å². The van der Waals surface area contributed by atoms with Crippen LogP contribution in [0.15, 0.2) is 40.2 Å². The molecular formula is C15H25N3O2S2. The maximum atomic E-state index is 11.1. The van der Waals surface area contributed by atoms with Crippen LogP contribution >= 0.6 is 11.8 Å². The molecule has 0 radical (unpaired) electrons. The lowest BCUT2D eigenvalue weighted by atomic mass is 10.4. The smallest absolute Gasteiger partial charge is 0.191 e. The van der Waals surface area contributed by atoms with Gasteiger partial charge in [0.05, 0.1) is 5.75 Å². The predicted molar refractivity (Wildman–Crippen MR) is 95.5 cm³/mol.